The second kappa shape index (κ2) is 5.95. The van der Waals surface area contributed by atoms with Gasteiger partial charge in [0.1, 0.15) is 10.8 Å². The van der Waals surface area contributed by atoms with E-state index in [2.05, 4.69) is 4.90 Å². The molecule has 0 saturated carbocycles. The second-order valence-electron chi connectivity index (χ2n) is 5.47. The number of benzene rings is 1. The van der Waals surface area contributed by atoms with Crippen molar-refractivity contribution in [3.63, 3.8) is 0 Å². The van der Waals surface area contributed by atoms with Crippen LogP contribution in [0.4, 0.5) is 5.82 Å². The average molecular weight is 301 g/mol. The Kier molecular flexibility index (Phi) is 4.03. The zero-order valence-corrected chi connectivity index (χ0v) is 12.9. The Morgan fingerprint density at radius 3 is 3.05 bits per heavy atom. The van der Waals surface area contributed by atoms with E-state index in [0.29, 0.717) is 10.9 Å². The number of ether oxygens (including phenoxy) is 1. The van der Waals surface area contributed by atoms with Gasteiger partial charge in [-0.15, -0.1) is 0 Å². The van der Waals surface area contributed by atoms with Gasteiger partial charge in [-0.05, 0) is 18.6 Å². The minimum Gasteiger partial charge on any atom is -0.389 e. The fraction of sp³-hybridized carbons (Fsp3) is 0.375. The Labute approximate surface area is 129 Å². The monoisotopic (exact) mass is 301 g/mol. The summed E-state index contributed by atoms with van der Waals surface area (Å²) in [5.74, 6) is 1.52. The molecule has 0 amide bonds. The van der Waals surface area contributed by atoms with E-state index in [9.17, 15) is 0 Å². The topological polar surface area (TPSA) is 51.4 Å². The standard InChI is InChI=1S/C16H19N3OS/c1-20-10-11-6-7-19(9-11)15-8-13(16(17)21)12-4-2-3-5-14(12)18-15/h2-5,8,11H,6-7,9-10H2,1H3,(H2,17,21). The van der Waals surface area contributed by atoms with E-state index in [-0.39, 0.29) is 0 Å². The van der Waals surface area contributed by atoms with Crippen molar-refractivity contribution in [1.29, 1.82) is 0 Å². The maximum absolute atomic E-state index is 5.89. The van der Waals surface area contributed by atoms with Crippen LogP contribution in [-0.2, 0) is 4.74 Å². The molecule has 0 radical (unpaired) electrons. The SMILES string of the molecule is COCC1CCN(c2cc(C(N)=S)c3ccccc3n2)C1. The van der Waals surface area contributed by atoms with Crippen LogP contribution in [0.1, 0.15) is 12.0 Å². The van der Waals surface area contributed by atoms with Crippen LogP contribution in [0.5, 0.6) is 0 Å². The zero-order chi connectivity index (χ0) is 14.8. The van der Waals surface area contributed by atoms with Crippen LogP contribution < -0.4 is 10.6 Å². The highest BCUT2D eigenvalue weighted by Gasteiger charge is 2.24. The quantitative estimate of drug-likeness (QED) is 0.879. The van der Waals surface area contributed by atoms with Crippen LogP contribution >= 0.6 is 12.2 Å². The first-order valence-corrected chi connectivity index (χ1v) is 7.53. The number of hydrogen-bond donors (Lipinski definition) is 1. The van der Waals surface area contributed by atoms with Crippen molar-refractivity contribution >= 4 is 33.9 Å². The minimum absolute atomic E-state index is 0.419. The predicted molar refractivity (Wildman–Crippen MR) is 89.8 cm³/mol. The first-order valence-electron chi connectivity index (χ1n) is 7.12. The van der Waals surface area contributed by atoms with Gasteiger partial charge in [0.2, 0.25) is 0 Å². The van der Waals surface area contributed by atoms with Crippen molar-refractivity contribution in [3.8, 4) is 0 Å². The number of thiocarbonyl (C=S) groups is 1. The molecule has 0 aliphatic carbocycles. The molecule has 3 rings (SSSR count). The Morgan fingerprint density at radius 2 is 2.29 bits per heavy atom. The molecule has 2 heterocycles. The van der Waals surface area contributed by atoms with Crippen LogP contribution in [0.2, 0.25) is 0 Å². The number of nitrogens with zero attached hydrogens (tertiary/aromatic N) is 2. The first kappa shape index (κ1) is 14.2. The summed E-state index contributed by atoms with van der Waals surface area (Å²) in [6.07, 6.45) is 1.13. The third kappa shape index (κ3) is 2.84. The molecule has 1 aromatic carbocycles. The summed E-state index contributed by atoms with van der Waals surface area (Å²) >= 11 is 5.20. The number of methoxy groups -OCH3 is 1. The lowest BCUT2D eigenvalue weighted by atomic mass is 10.1. The van der Waals surface area contributed by atoms with E-state index in [1.54, 1.807) is 7.11 Å². The molecular weight excluding hydrogens is 282 g/mol. The van der Waals surface area contributed by atoms with Gasteiger partial charge in [-0.3, -0.25) is 0 Å². The van der Waals surface area contributed by atoms with E-state index in [4.69, 9.17) is 27.7 Å². The average Bonchev–Trinajstić information content (AvgIpc) is 2.95. The van der Waals surface area contributed by atoms with E-state index < -0.39 is 0 Å². The number of fused-ring (bicyclic) bond motifs is 1. The largest absolute Gasteiger partial charge is 0.389 e. The second-order valence-corrected chi connectivity index (χ2v) is 5.91. The zero-order valence-electron chi connectivity index (χ0n) is 12.1. The van der Waals surface area contributed by atoms with Crippen molar-refractivity contribution in [2.75, 3.05) is 31.7 Å². The molecule has 110 valence electrons. The van der Waals surface area contributed by atoms with Crippen LogP contribution in [0.25, 0.3) is 10.9 Å². The van der Waals surface area contributed by atoms with Crippen LogP contribution in [-0.4, -0.2) is 36.8 Å². The molecular formula is C16H19N3OS. The lowest BCUT2D eigenvalue weighted by Gasteiger charge is -2.19. The van der Waals surface area contributed by atoms with Gasteiger partial charge in [0.05, 0.1) is 12.1 Å². The van der Waals surface area contributed by atoms with Crippen LogP contribution in [0, 0.1) is 5.92 Å². The molecule has 1 aromatic heterocycles. The highest BCUT2D eigenvalue weighted by atomic mass is 32.1. The minimum atomic E-state index is 0.419. The van der Waals surface area contributed by atoms with E-state index in [0.717, 1.165) is 48.4 Å². The van der Waals surface area contributed by atoms with Gasteiger partial charge in [-0.2, -0.15) is 0 Å². The third-order valence-corrected chi connectivity index (χ3v) is 4.20. The molecule has 1 aliphatic rings. The Balaban J connectivity index is 1.98. The summed E-state index contributed by atoms with van der Waals surface area (Å²) in [7, 11) is 1.75. The molecule has 1 fully saturated rings. The van der Waals surface area contributed by atoms with E-state index in [1.165, 1.54) is 0 Å². The number of aromatic nitrogens is 1. The summed E-state index contributed by atoms with van der Waals surface area (Å²) in [4.78, 5) is 7.47. The normalized spacial score (nSPS) is 18.3. The van der Waals surface area contributed by atoms with Crippen molar-refractivity contribution in [2.24, 2.45) is 11.7 Å². The molecule has 5 heteroatoms. The third-order valence-electron chi connectivity index (χ3n) is 3.98. The summed E-state index contributed by atoms with van der Waals surface area (Å²) in [6, 6.07) is 10.00. The molecule has 2 aromatic rings. The van der Waals surface area contributed by atoms with Crippen molar-refractivity contribution < 1.29 is 4.74 Å². The fourth-order valence-electron chi connectivity index (χ4n) is 2.94. The van der Waals surface area contributed by atoms with Gasteiger partial charge in [0, 0.05) is 37.1 Å². The summed E-state index contributed by atoms with van der Waals surface area (Å²) < 4.78 is 5.25. The smallest absolute Gasteiger partial charge is 0.129 e. The molecule has 1 aliphatic heterocycles. The number of hydrogen-bond acceptors (Lipinski definition) is 4. The van der Waals surface area contributed by atoms with Crippen molar-refractivity contribution in [1.82, 2.24) is 4.98 Å². The fourth-order valence-corrected chi connectivity index (χ4v) is 3.11. The van der Waals surface area contributed by atoms with Crippen molar-refractivity contribution in [2.45, 2.75) is 6.42 Å². The number of rotatable bonds is 4. The Bertz CT molecular complexity index is 674. The van der Waals surface area contributed by atoms with E-state index in [1.807, 2.05) is 30.3 Å². The number of nitrogens with two attached hydrogens (primary N) is 1. The molecule has 1 saturated heterocycles. The number of pyridine rings is 1. The predicted octanol–water partition coefficient (Wildman–Crippen LogP) is 2.34. The molecule has 2 N–H and O–H groups in total. The molecule has 4 nitrogen and oxygen atoms in total. The van der Waals surface area contributed by atoms with Crippen LogP contribution in [0.15, 0.2) is 30.3 Å². The maximum Gasteiger partial charge on any atom is 0.129 e. The van der Waals surface area contributed by atoms with Gasteiger partial charge in [-0.1, -0.05) is 30.4 Å². The summed E-state index contributed by atoms with van der Waals surface area (Å²) in [5, 5.41) is 1.02. The van der Waals surface area contributed by atoms with Gasteiger partial charge < -0.3 is 15.4 Å². The Hall–Kier alpha value is -1.72. The molecule has 21 heavy (non-hydrogen) atoms. The highest BCUT2D eigenvalue weighted by Crippen LogP contribution is 2.27. The molecule has 0 bridgehead atoms. The van der Waals surface area contributed by atoms with Gasteiger partial charge in [-0.25, -0.2) is 4.98 Å². The maximum atomic E-state index is 5.89. The first-order chi connectivity index (χ1) is 10.2. The summed E-state index contributed by atoms with van der Waals surface area (Å²) in [6.45, 7) is 2.76. The number of anilines is 1. The molecule has 1 atom stereocenters. The van der Waals surface area contributed by atoms with Crippen molar-refractivity contribution in [3.05, 3.63) is 35.9 Å². The lowest BCUT2D eigenvalue weighted by Crippen LogP contribution is -2.23. The van der Waals surface area contributed by atoms with E-state index >= 15 is 0 Å². The Morgan fingerprint density at radius 1 is 1.48 bits per heavy atom. The van der Waals surface area contributed by atoms with Crippen LogP contribution in [0.3, 0.4) is 0 Å². The summed E-state index contributed by atoms with van der Waals surface area (Å²) in [5.41, 5.74) is 7.73. The lowest BCUT2D eigenvalue weighted by molar-refractivity contribution is 0.161. The molecule has 0 spiro atoms. The number of para-hydroxylation sites is 1. The molecule has 1 unspecified atom stereocenters. The highest BCUT2D eigenvalue weighted by molar-refractivity contribution is 7.80. The van der Waals surface area contributed by atoms with Gasteiger partial charge in [0.25, 0.3) is 0 Å². The van der Waals surface area contributed by atoms with Gasteiger partial charge in [0.15, 0.2) is 0 Å². The van der Waals surface area contributed by atoms with Gasteiger partial charge >= 0.3 is 0 Å².